The van der Waals surface area contributed by atoms with Crippen LogP contribution in [0.1, 0.15) is 12.8 Å². The van der Waals surface area contributed by atoms with Crippen molar-refractivity contribution in [3.63, 3.8) is 0 Å². The van der Waals surface area contributed by atoms with Crippen LogP contribution in [0.5, 0.6) is 0 Å². The van der Waals surface area contributed by atoms with Gasteiger partial charge in [-0.1, -0.05) is 6.08 Å². The quantitative estimate of drug-likeness (QED) is 0.367. The zero-order valence-corrected chi connectivity index (χ0v) is 5.80. The summed E-state index contributed by atoms with van der Waals surface area (Å²) in [7, 11) is 1.96. The van der Waals surface area contributed by atoms with E-state index in [1.165, 1.54) is 12.1 Å². The second kappa shape index (κ2) is 2.62. The Morgan fingerprint density at radius 3 is 2.67 bits per heavy atom. The molecule has 0 unspecified atom stereocenters. The molecule has 1 heteroatoms. The molecule has 0 aromatic rings. The van der Waals surface area contributed by atoms with Crippen LogP contribution in [-0.4, -0.2) is 18.3 Å². The smallest absolute Gasteiger partial charge is 0.200 e. The van der Waals surface area contributed by atoms with Crippen LogP contribution in [0.2, 0.25) is 0 Å². The highest BCUT2D eigenvalue weighted by Crippen LogP contribution is 2.08. The summed E-state index contributed by atoms with van der Waals surface area (Å²) in [5, 5.41) is 0. The third-order valence-electron chi connectivity index (χ3n) is 1.42. The lowest BCUT2D eigenvalue weighted by atomic mass is 10.1. The molecular weight excluding hydrogens is 110 g/mol. The average molecular weight is 122 g/mol. The lowest BCUT2D eigenvalue weighted by Crippen LogP contribution is -2.00. The van der Waals surface area contributed by atoms with Gasteiger partial charge in [-0.25, -0.2) is 4.58 Å². The monoisotopic (exact) mass is 122 g/mol. The summed E-state index contributed by atoms with van der Waals surface area (Å²) in [4.78, 5) is 0. The molecule has 0 fully saturated rings. The molecule has 0 radical (unpaired) electrons. The van der Waals surface area contributed by atoms with Gasteiger partial charge in [0.05, 0.1) is 0 Å². The molecule has 0 heterocycles. The van der Waals surface area contributed by atoms with Crippen molar-refractivity contribution in [1.82, 2.24) is 0 Å². The molecule has 1 rings (SSSR count). The van der Waals surface area contributed by atoms with E-state index in [1.54, 1.807) is 0 Å². The molecule has 0 N–H and O–H groups in total. The minimum atomic E-state index is 1.16. The summed E-state index contributed by atoms with van der Waals surface area (Å²) < 4.78 is 1.88. The highest BCUT2D eigenvalue weighted by molar-refractivity contribution is 5.22. The minimum absolute atomic E-state index is 1.16. The van der Waals surface area contributed by atoms with Crippen molar-refractivity contribution < 1.29 is 4.58 Å². The van der Waals surface area contributed by atoms with Crippen molar-refractivity contribution in [2.75, 3.05) is 7.05 Å². The lowest BCUT2D eigenvalue weighted by Gasteiger charge is -1.98. The number of allylic oxidation sites excluding steroid dienone is 3. The van der Waals surface area contributed by atoms with Crippen LogP contribution in [-0.2, 0) is 0 Å². The third-order valence-corrected chi connectivity index (χ3v) is 1.42. The fraction of sp³-hybridized carbons (Fsp3) is 0.375. The summed E-state index contributed by atoms with van der Waals surface area (Å²) >= 11 is 0. The third kappa shape index (κ3) is 1.53. The topological polar surface area (TPSA) is 3.01 Å². The van der Waals surface area contributed by atoms with Crippen LogP contribution in [0.4, 0.5) is 0 Å². The Bertz CT molecular complexity index is 175. The zero-order chi connectivity index (χ0) is 6.69. The normalized spacial score (nSPS) is 17.2. The van der Waals surface area contributed by atoms with Crippen LogP contribution in [0, 0.1) is 0 Å². The Hall–Kier alpha value is -0.850. The van der Waals surface area contributed by atoms with Gasteiger partial charge in [-0.2, -0.15) is 0 Å². The lowest BCUT2D eigenvalue weighted by molar-refractivity contribution is -0.428. The molecule has 0 bridgehead atoms. The molecule has 0 spiro atoms. The van der Waals surface area contributed by atoms with Gasteiger partial charge in [-0.05, 0) is 18.9 Å². The maximum atomic E-state index is 3.78. The Labute approximate surface area is 56.0 Å². The van der Waals surface area contributed by atoms with Crippen molar-refractivity contribution in [2.24, 2.45) is 0 Å². The summed E-state index contributed by atoms with van der Waals surface area (Å²) in [5.41, 5.74) is 1.22. The van der Waals surface area contributed by atoms with Crippen molar-refractivity contribution in [3.05, 3.63) is 23.9 Å². The first-order valence-corrected chi connectivity index (χ1v) is 3.21. The molecule has 48 valence electrons. The first kappa shape index (κ1) is 6.27. The van der Waals surface area contributed by atoms with Gasteiger partial charge in [0.15, 0.2) is 5.70 Å². The van der Waals surface area contributed by atoms with Crippen LogP contribution in [0.15, 0.2) is 23.9 Å². The molecule has 0 aromatic heterocycles. The number of rotatable bonds is 1. The Balaban J connectivity index is 2.69. The summed E-state index contributed by atoms with van der Waals surface area (Å²) in [6, 6.07) is 0. The fourth-order valence-corrected chi connectivity index (χ4v) is 0.883. The Morgan fingerprint density at radius 2 is 2.33 bits per heavy atom. The molecule has 1 nitrogen and oxygen atoms in total. The average Bonchev–Trinajstić information content (AvgIpc) is 1.90. The second-order valence-corrected chi connectivity index (χ2v) is 2.31. The molecule has 0 aromatic carbocycles. The fourth-order valence-electron chi connectivity index (χ4n) is 0.883. The van der Waals surface area contributed by atoms with Crippen LogP contribution in [0.25, 0.3) is 0 Å². The van der Waals surface area contributed by atoms with Gasteiger partial charge in [0.25, 0.3) is 0 Å². The van der Waals surface area contributed by atoms with Crippen molar-refractivity contribution in [3.8, 4) is 0 Å². The summed E-state index contributed by atoms with van der Waals surface area (Å²) in [5.74, 6) is 0. The van der Waals surface area contributed by atoms with E-state index in [2.05, 4.69) is 24.9 Å². The number of likely N-dealkylation sites (N-methyl/N-ethyl adjacent to an activating group) is 1. The van der Waals surface area contributed by atoms with Crippen LogP contribution in [0.3, 0.4) is 0 Å². The Morgan fingerprint density at radius 1 is 1.56 bits per heavy atom. The SMILES string of the molecule is C=[N+](C)C1=CCCC=C1. The second-order valence-electron chi connectivity index (χ2n) is 2.31. The Kier molecular flexibility index (Phi) is 1.83. The van der Waals surface area contributed by atoms with Crippen molar-refractivity contribution in [1.29, 1.82) is 0 Å². The predicted octanol–water partition coefficient (Wildman–Crippen LogP) is 1.56. The minimum Gasteiger partial charge on any atom is -0.208 e. The molecule has 0 amide bonds. The van der Waals surface area contributed by atoms with Gasteiger partial charge >= 0.3 is 0 Å². The van der Waals surface area contributed by atoms with E-state index in [0.29, 0.717) is 0 Å². The largest absolute Gasteiger partial charge is 0.208 e. The van der Waals surface area contributed by atoms with E-state index in [0.717, 1.165) is 6.42 Å². The summed E-state index contributed by atoms with van der Waals surface area (Å²) in [6.07, 6.45) is 8.82. The molecule has 0 atom stereocenters. The van der Waals surface area contributed by atoms with E-state index in [9.17, 15) is 0 Å². The van der Waals surface area contributed by atoms with Crippen LogP contribution >= 0.6 is 0 Å². The van der Waals surface area contributed by atoms with E-state index < -0.39 is 0 Å². The molecule has 1 aliphatic carbocycles. The molecule has 0 aliphatic heterocycles. The van der Waals surface area contributed by atoms with Crippen molar-refractivity contribution >= 4 is 6.72 Å². The van der Waals surface area contributed by atoms with Gasteiger partial charge in [0.2, 0.25) is 0 Å². The van der Waals surface area contributed by atoms with E-state index >= 15 is 0 Å². The van der Waals surface area contributed by atoms with Crippen molar-refractivity contribution in [2.45, 2.75) is 12.8 Å². The maximum absolute atomic E-state index is 3.78. The summed E-state index contributed by atoms with van der Waals surface area (Å²) in [6.45, 7) is 3.78. The van der Waals surface area contributed by atoms with Gasteiger partial charge < -0.3 is 0 Å². The van der Waals surface area contributed by atoms with Gasteiger partial charge in [-0.3, -0.25) is 0 Å². The van der Waals surface area contributed by atoms with E-state index in [1.807, 2.05) is 11.6 Å². The molecular formula is C8H12N+. The molecule has 0 saturated heterocycles. The van der Waals surface area contributed by atoms with Crippen LogP contribution < -0.4 is 0 Å². The number of hydrogen-bond acceptors (Lipinski definition) is 0. The highest BCUT2D eigenvalue weighted by atomic mass is 14.9. The van der Waals surface area contributed by atoms with E-state index in [-0.39, 0.29) is 0 Å². The van der Waals surface area contributed by atoms with Gasteiger partial charge in [0, 0.05) is 6.08 Å². The maximum Gasteiger partial charge on any atom is 0.200 e. The predicted molar refractivity (Wildman–Crippen MR) is 39.8 cm³/mol. The number of hydrogen-bond donors (Lipinski definition) is 0. The standard InChI is InChI=1S/C8H12N/c1-9(2)8-6-4-3-5-7-8/h4,6-7H,1,3,5H2,2H3/q+1. The highest BCUT2D eigenvalue weighted by Gasteiger charge is 2.01. The zero-order valence-electron chi connectivity index (χ0n) is 5.80. The first-order valence-electron chi connectivity index (χ1n) is 3.21. The molecule has 0 saturated carbocycles. The molecule has 1 aliphatic rings. The first-order chi connectivity index (χ1) is 4.30. The van der Waals surface area contributed by atoms with Gasteiger partial charge in [0.1, 0.15) is 13.8 Å². The molecule has 9 heavy (non-hydrogen) atoms. The number of nitrogens with zero attached hydrogens (tertiary/aromatic N) is 1. The van der Waals surface area contributed by atoms with E-state index in [4.69, 9.17) is 0 Å². The van der Waals surface area contributed by atoms with Gasteiger partial charge in [-0.15, -0.1) is 0 Å².